The highest BCUT2D eigenvalue weighted by molar-refractivity contribution is 6.14. The Morgan fingerprint density at radius 1 is 0.797 bits per heavy atom. The summed E-state index contributed by atoms with van der Waals surface area (Å²) >= 11 is 0. The third-order valence-corrected chi connectivity index (χ3v) is 9.90. The number of nitrogens with one attached hydrogen (secondary N) is 3. The van der Waals surface area contributed by atoms with E-state index in [4.69, 9.17) is 18.9 Å². The van der Waals surface area contributed by atoms with E-state index in [0.717, 1.165) is 16.8 Å². The van der Waals surface area contributed by atoms with Gasteiger partial charge in [-0.05, 0) is 81.0 Å². The van der Waals surface area contributed by atoms with Crippen LogP contribution in [0.2, 0.25) is 0 Å². The van der Waals surface area contributed by atoms with Crippen molar-refractivity contribution in [1.29, 1.82) is 0 Å². The molecule has 2 aliphatic rings. The highest BCUT2D eigenvalue weighted by atomic mass is 16.6. The molecule has 0 aromatic heterocycles. The molecule has 0 bridgehead atoms. The van der Waals surface area contributed by atoms with E-state index in [0.29, 0.717) is 34.9 Å². The Balaban J connectivity index is 1.13. The lowest BCUT2D eigenvalue weighted by molar-refractivity contribution is -0.128. The number of carbonyl (C=O) groups excluding carboxylic acids is 5. The molecule has 6 rings (SSSR count). The van der Waals surface area contributed by atoms with Crippen LogP contribution in [-0.2, 0) is 38.7 Å². The summed E-state index contributed by atoms with van der Waals surface area (Å²) in [6.45, 7) is 10.6. The van der Waals surface area contributed by atoms with Crippen molar-refractivity contribution in [3.8, 4) is 11.5 Å². The van der Waals surface area contributed by atoms with Gasteiger partial charge in [0.25, 0.3) is 5.91 Å². The predicted molar refractivity (Wildman–Crippen MR) is 223 cm³/mol. The average molecular weight is 806 g/mol. The number of nitrogens with zero attached hydrogens (tertiary/aromatic N) is 2. The molecule has 0 spiro atoms. The zero-order chi connectivity index (χ0) is 42.4. The second-order valence-electron chi connectivity index (χ2n) is 15.9. The molecule has 0 aliphatic carbocycles. The summed E-state index contributed by atoms with van der Waals surface area (Å²) in [7, 11) is 1.50. The smallest absolute Gasteiger partial charge is 0.414 e. The van der Waals surface area contributed by atoms with Gasteiger partial charge in [0.1, 0.15) is 30.9 Å². The fourth-order valence-electron chi connectivity index (χ4n) is 6.94. The molecule has 14 nitrogen and oxygen atoms in total. The Morgan fingerprint density at radius 3 is 2.15 bits per heavy atom. The summed E-state index contributed by atoms with van der Waals surface area (Å²) in [5, 5.41) is 8.02. The number of hydrogen-bond acceptors (Lipinski definition) is 9. The first-order valence-corrected chi connectivity index (χ1v) is 19.6. The number of amides is 5. The first kappa shape index (κ1) is 42.0. The lowest BCUT2D eigenvalue weighted by atomic mass is 10.0. The zero-order valence-corrected chi connectivity index (χ0v) is 34.4. The Bertz CT molecular complexity index is 2190. The van der Waals surface area contributed by atoms with Crippen LogP contribution < -0.4 is 35.2 Å². The second kappa shape index (κ2) is 17.9. The molecule has 2 aliphatic heterocycles. The monoisotopic (exact) mass is 805 g/mol. The molecule has 59 heavy (non-hydrogen) atoms. The fraction of sp³-hybridized carbons (Fsp3) is 0.356. The molecular formula is C45H51N5O9. The topological polar surface area (TPSA) is 165 Å². The van der Waals surface area contributed by atoms with Gasteiger partial charge >= 0.3 is 12.2 Å². The SMILES string of the molecule is COc1cc2c(cc1OCc1ccccc1)N(C(=O)OCc1ccc(NC(=O)[C@H](C)NC(=O)[C@@H](NC(=O)OC(C)(C)C)C(C)C)cc1)C[C@@H]1Cc3ccccc3N1C2=O. The van der Waals surface area contributed by atoms with Crippen molar-refractivity contribution in [3.05, 3.63) is 113 Å². The number of ether oxygens (including phenoxy) is 4. The lowest BCUT2D eigenvalue weighted by Gasteiger charge is -2.26. The van der Waals surface area contributed by atoms with Crippen molar-refractivity contribution in [2.24, 2.45) is 5.92 Å². The van der Waals surface area contributed by atoms with Gasteiger partial charge in [0.05, 0.1) is 30.9 Å². The summed E-state index contributed by atoms with van der Waals surface area (Å²) in [5.74, 6) is -0.814. The van der Waals surface area contributed by atoms with Crippen LogP contribution in [-0.4, -0.2) is 67.3 Å². The number of benzene rings is 4. The van der Waals surface area contributed by atoms with Crippen LogP contribution in [0.1, 0.15) is 68.6 Å². The van der Waals surface area contributed by atoms with E-state index in [1.807, 2.05) is 54.6 Å². The van der Waals surface area contributed by atoms with Gasteiger partial charge in [0, 0.05) is 17.4 Å². The Labute approximate surface area is 344 Å². The molecule has 2 heterocycles. The number of methoxy groups -OCH3 is 1. The van der Waals surface area contributed by atoms with Crippen molar-refractivity contribution in [2.75, 3.05) is 28.8 Å². The van der Waals surface area contributed by atoms with Crippen molar-refractivity contribution in [2.45, 2.75) is 84.9 Å². The van der Waals surface area contributed by atoms with Gasteiger partial charge in [0.2, 0.25) is 11.8 Å². The first-order valence-electron chi connectivity index (χ1n) is 19.6. The number of alkyl carbamates (subject to hydrolysis) is 1. The molecule has 0 saturated heterocycles. The van der Waals surface area contributed by atoms with Crippen molar-refractivity contribution in [3.63, 3.8) is 0 Å². The van der Waals surface area contributed by atoms with E-state index < -0.39 is 41.7 Å². The maximum absolute atomic E-state index is 14.3. The number of rotatable bonds is 12. The maximum Gasteiger partial charge on any atom is 0.414 e. The van der Waals surface area contributed by atoms with Crippen LogP contribution in [0.15, 0.2) is 91.0 Å². The molecule has 3 N–H and O–H groups in total. The van der Waals surface area contributed by atoms with Gasteiger partial charge in [-0.25, -0.2) is 9.59 Å². The van der Waals surface area contributed by atoms with Crippen LogP contribution in [0.4, 0.5) is 26.7 Å². The van der Waals surface area contributed by atoms with Gasteiger partial charge in [-0.2, -0.15) is 0 Å². The van der Waals surface area contributed by atoms with Gasteiger partial charge in [0.15, 0.2) is 11.5 Å². The van der Waals surface area contributed by atoms with E-state index in [1.54, 1.807) is 82.8 Å². The first-order chi connectivity index (χ1) is 28.1. The maximum atomic E-state index is 14.3. The molecular weight excluding hydrogens is 755 g/mol. The molecule has 0 fully saturated rings. The number of anilines is 3. The summed E-state index contributed by atoms with van der Waals surface area (Å²) in [6.07, 6.45) is -0.824. The predicted octanol–water partition coefficient (Wildman–Crippen LogP) is 7.00. The van der Waals surface area contributed by atoms with Crippen LogP contribution in [0.3, 0.4) is 0 Å². The van der Waals surface area contributed by atoms with E-state index in [9.17, 15) is 24.0 Å². The molecule has 0 unspecified atom stereocenters. The highest BCUT2D eigenvalue weighted by Gasteiger charge is 2.42. The van der Waals surface area contributed by atoms with Crippen molar-refractivity contribution >= 4 is 47.0 Å². The molecule has 4 aromatic rings. The van der Waals surface area contributed by atoms with Gasteiger partial charge < -0.3 is 39.8 Å². The van der Waals surface area contributed by atoms with Crippen LogP contribution >= 0.6 is 0 Å². The van der Waals surface area contributed by atoms with Gasteiger partial charge in [-0.15, -0.1) is 0 Å². The third-order valence-electron chi connectivity index (χ3n) is 9.90. The fourth-order valence-corrected chi connectivity index (χ4v) is 6.94. The summed E-state index contributed by atoms with van der Waals surface area (Å²) in [6, 6.07) is 25.2. The Morgan fingerprint density at radius 2 is 1.47 bits per heavy atom. The minimum Gasteiger partial charge on any atom is -0.493 e. The van der Waals surface area contributed by atoms with Crippen molar-refractivity contribution in [1.82, 2.24) is 10.6 Å². The Kier molecular flexibility index (Phi) is 12.8. The van der Waals surface area contributed by atoms with E-state index in [1.165, 1.54) is 12.0 Å². The normalized spacial score (nSPS) is 15.5. The van der Waals surface area contributed by atoms with E-state index in [2.05, 4.69) is 16.0 Å². The van der Waals surface area contributed by atoms with Crippen LogP contribution in [0, 0.1) is 5.92 Å². The highest BCUT2D eigenvalue weighted by Crippen LogP contribution is 2.43. The molecule has 3 atom stereocenters. The summed E-state index contributed by atoms with van der Waals surface area (Å²) in [5.41, 5.74) is 3.72. The third kappa shape index (κ3) is 10.1. The van der Waals surface area contributed by atoms with E-state index in [-0.39, 0.29) is 43.2 Å². The summed E-state index contributed by atoms with van der Waals surface area (Å²) < 4.78 is 23.0. The molecule has 4 aromatic carbocycles. The van der Waals surface area contributed by atoms with E-state index >= 15 is 0 Å². The largest absolute Gasteiger partial charge is 0.493 e. The van der Waals surface area contributed by atoms with Crippen LogP contribution in [0.5, 0.6) is 11.5 Å². The number of carbonyl (C=O) groups is 5. The number of fused-ring (bicyclic) bond motifs is 4. The standard InChI is InChI=1S/C45H51N5O9/c1-27(2)39(48-43(54)59-45(4,5)6)41(52)46-28(3)40(51)47-32-19-17-30(18-20-32)26-58-44(55)49-24-33-21-31-15-11-12-16-35(31)50(33)42(53)34-22-37(56-7)38(23-36(34)49)57-25-29-13-9-8-10-14-29/h8-20,22-23,27-28,33,39H,21,24-26H2,1-7H3,(H,46,52)(H,47,51)(H,48,54)/t28-,33-,39-/m0/s1. The minimum absolute atomic E-state index is 0.0946. The second-order valence-corrected chi connectivity index (χ2v) is 15.9. The molecule has 0 radical (unpaired) electrons. The lowest BCUT2D eigenvalue weighted by Crippen LogP contribution is -2.54. The average Bonchev–Trinajstić information content (AvgIpc) is 3.52. The summed E-state index contributed by atoms with van der Waals surface area (Å²) in [4.78, 5) is 70.0. The molecule has 5 amide bonds. The van der Waals surface area contributed by atoms with Crippen LogP contribution in [0.25, 0.3) is 0 Å². The minimum atomic E-state index is -0.930. The molecule has 14 heteroatoms. The van der Waals surface area contributed by atoms with Crippen molar-refractivity contribution < 1.29 is 42.9 Å². The zero-order valence-electron chi connectivity index (χ0n) is 34.4. The van der Waals surface area contributed by atoms with Gasteiger partial charge in [-0.3, -0.25) is 19.3 Å². The Hall–Kier alpha value is -6.57. The molecule has 310 valence electrons. The van der Waals surface area contributed by atoms with Gasteiger partial charge in [-0.1, -0.05) is 74.5 Å². The number of hydrogen-bond donors (Lipinski definition) is 3. The molecule has 0 saturated carbocycles. The quantitative estimate of drug-likeness (QED) is 0.137. The number of para-hydroxylation sites is 1.